The van der Waals surface area contributed by atoms with Gasteiger partial charge in [-0.05, 0) is 24.7 Å². The number of thioether (sulfide) groups is 1. The molecule has 4 rings (SSSR count). The molecule has 1 aliphatic heterocycles. The van der Waals surface area contributed by atoms with Crippen LogP contribution in [0.15, 0.2) is 58.2 Å². The number of para-hydroxylation sites is 2. The summed E-state index contributed by atoms with van der Waals surface area (Å²) < 4.78 is 5.57. The van der Waals surface area contributed by atoms with E-state index in [1.54, 1.807) is 12.1 Å². The lowest BCUT2D eigenvalue weighted by Gasteiger charge is -2.36. The van der Waals surface area contributed by atoms with Gasteiger partial charge in [-0.1, -0.05) is 36.9 Å². The maximum absolute atomic E-state index is 12.6. The Bertz CT molecular complexity index is 1130. The van der Waals surface area contributed by atoms with Crippen LogP contribution in [0.5, 0.6) is 0 Å². The van der Waals surface area contributed by atoms with Crippen molar-refractivity contribution in [3.8, 4) is 11.5 Å². The van der Waals surface area contributed by atoms with Gasteiger partial charge in [0, 0.05) is 43.9 Å². The van der Waals surface area contributed by atoms with Gasteiger partial charge in [0.15, 0.2) is 0 Å². The zero-order valence-electron chi connectivity index (χ0n) is 18.1. The van der Waals surface area contributed by atoms with Crippen molar-refractivity contribution in [2.75, 3.05) is 48.7 Å². The van der Waals surface area contributed by atoms with Crippen LogP contribution >= 0.6 is 11.8 Å². The van der Waals surface area contributed by atoms with Crippen molar-refractivity contribution in [2.45, 2.75) is 12.1 Å². The first-order chi connectivity index (χ1) is 16.0. The average Bonchev–Trinajstić information content (AvgIpc) is 3.32. The van der Waals surface area contributed by atoms with Crippen molar-refractivity contribution in [1.82, 2.24) is 15.1 Å². The van der Waals surface area contributed by atoms with Crippen molar-refractivity contribution in [1.29, 1.82) is 0 Å². The van der Waals surface area contributed by atoms with Crippen molar-refractivity contribution in [3.63, 3.8) is 0 Å². The molecule has 10 nitrogen and oxygen atoms in total. The van der Waals surface area contributed by atoms with Gasteiger partial charge in [0.2, 0.25) is 11.8 Å². The summed E-state index contributed by atoms with van der Waals surface area (Å²) in [6.45, 7) is 7.03. The fourth-order valence-electron chi connectivity index (χ4n) is 3.61. The smallest absolute Gasteiger partial charge is 0.277 e. The average molecular weight is 469 g/mol. The summed E-state index contributed by atoms with van der Waals surface area (Å²) in [5, 5.41) is 22.0. The molecule has 1 aromatic heterocycles. The third kappa shape index (κ3) is 5.68. The summed E-state index contributed by atoms with van der Waals surface area (Å²) in [4.78, 5) is 27.8. The second kappa shape index (κ2) is 10.5. The van der Waals surface area contributed by atoms with Gasteiger partial charge in [-0.3, -0.25) is 14.9 Å². The van der Waals surface area contributed by atoms with Gasteiger partial charge < -0.3 is 19.5 Å². The lowest BCUT2D eigenvalue weighted by molar-refractivity contribution is -0.384. The molecule has 1 saturated heterocycles. The number of carbonyl (C=O) groups excluding carboxylic acids is 1. The highest BCUT2D eigenvalue weighted by Gasteiger charge is 2.19. The maximum Gasteiger partial charge on any atom is 0.277 e. The molecule has 33 heavy (non-hydrogen) atoms. The third-order valence-electron chi connectivity index (χ3n) is 5.38. The van der Waals surface area contributed by atoms with E-state index in [1.807, 2.05) is 24.3 Å². The maximum atomic E-state index is 12.6. The van der Waals surface area contributed by atoms with Gasteiger partial charge in [0.25, 0.3) is 10.9 Å². The van der Waals surface area contributed by atoms with Crippen LogP contribution in [-0.2, 0) is 4.79 Å². The number of hydrogen-bond acceptors (Lipinski definition) is 9. The van der Waals surface area contributed by atoms with E-state index in [0.717, 1.165) is 55.9 Å². The molecule has 2 aromatic carbocycles. The highest BCUT2D eigenvalue weighted by atomic mass is 32.2. The Balaban J connectivity index is 1.35. The first-order valence-corrected chi connectivity index (χ1v) is 11.6. The minimum Gasteiger partial charge on any atom is -0.411 e. The van der Waals surface area contributed by atoms with Gasteiger partial charge >= 0.3 is 0 Å². The Labute approximate surface area is 195 Å². The molecule has 3 aromatic rings. The molecule has 0 saturated carbocycles. The number of nitro groups is 1. The summed E-state index contributed by atoms with van der Waals surface area (Å²) in [5.74, 6) is 0.0713. The predicted molar refractivity (Wildman–Crippen MR) is 127 cm³/mol. The number of anilines is 2. The fourth-order valence-corrected chi connectivity index (χ4v) is 4.17. The number of nitrogens with zero attached hydrogens (tertiary/aromatic N) is 5. The number of amides is 1. The Morgan fingerprint density at radius 2 is 1.94 bits per heavy atom. The molecule has 172 valence electrons. The zero-order valence-corrected chi connectivity index (χ0v) is 19.0. The van der Waals surface area contributed by atoms with Gasteiger partial charge in [-0.25, -0.2) is 0 Å². The predicted octanol–water partition coefficient (Wildman–Crippen LogP) is 3.52. The largest absolute Gasteiger partial charge is 0.411 e. The van der Waals surface area contributed by atoms with Crippen LogP contribution in [0.2, 0.25) is 0 Å². The lowest BCUT2D eigenvalue weighted by atomic mass is 10.2. The SMILES string of the molecule is CCN1CCN(c2ccccc2NC(=O)CSc2nnc(-c3cccc([N+](=O)[O-])c3)o2)CC1. The van der Waals surface area contributed by atoms with Gasteiger partial charge in [0.1, 0.15) is 0 Å². The second-order valence-corrected chi connectivity index (χ2v) is 8.38. The monoisotopic (exact) mass is 468 g/mol. The highest BCUT2D eigenvalue weighted by molar-refractivity contribution is 7.99. The molecule has 0 unspecified atom stereocenters. The summed E-state index contributed by atoms with van der Waals surface area (Å²) in [6.07, 6.45) is 0. The molecule has 2 heterocycles. The van der Waals surface area contributed by atoms with Crippen LogP contribution in [0.1, 0.15) is 6.92 Å². The molecule has 0 spiro atoms. The van der Waals surface area contributed by atoms with Crippen LogP contribution in [0, 0.1) is 10.1 Å². The van der Waals surface area contributed by atoms with Crippen molar-refractivity contribution >= 4 is 34.7 Å². The highest BCUT2D eigenvalue weighted by Crippen LogP contribution is 2.28. The number of rotatable bonds is 8. The third-order valence-corrected chi connectivity index (χ3v) is 6.19. The number of aromatic nitrogens is 2. The Hall–Kier alpha value is -3.44. The van der Waals surface area contributed by atoms with Gasteiger partial charge in [0.05, 0.1) is 22.1 Å². The van der Waals surface area contributed by atoms with Crippen LogP contribution < -0.4 is 10.2 Å². The van der Waals surface area contributed by atoms with E-state index in [9.17, 15) is 14.9 Å². The van der Waals surface area contributed by atoms with Crippen LogP contribution in [-0.4, -0.2) is 64.4 Å². The molecule has 0 atom stereocenters. The number of benzene rings is 2. The van der Waals surface area contributed by atoms with E-state index in [-0.39, 0.29) is 28.5 Å². The van der Waals surface area contributed by atoms with Crippen LogP contribution in [0.25, 0.3) is 11.5 Å². The van der Waals surface area contributed by atoms with E-state index < -0.39 is 4.92 Å². The number of carbonyl (C=O) groups is 1. The molecule has 11 heteroatoms. The summed E-state index contributed by atoms with van der Waals surface area (Å²) in [6, 6.07) is 13.8. The van der Waals surface area contributed by atoms with Crippen molar-refractivity contribution < 1.29 is 14.1 Å². The van der Waals surface area contributed by atoms with Crippen LogP contribution in [0.4, 0.5) is 17.1 Å². The molecule has 1 fully saturated rings. The molecule has 0 aliphatic carbocycles. The molecule has 0 radical (unpaired) electrons. The Morgan fingerprint density at radius 1 is 1.15 bits per heavy atom. The first-order valence-electron chi connectivity index (χ1n) is 10.6. The number of nitrogens with one attached hydrogen (secondary N) is 1. The van der Waals surface area contributed by atoms with E-state index in [4.69, 9.17) is 4.42 Å². The minimum absolute atomic E-state index is 0.0611. The summed E-state index contributed by atoms with van der Waals surface area (Å²) >= 11 is 1.11. The number of nitro benzene ring substituents is 1. The van der Waals surface area contributed by atoms with Crippen LogP contribution in [0.3, 0.4) is 0 Å². The van der Waals surface area contributed by atoms with Gasteiger partial charge in [-0.15, -0.1) is 10.2 Å². The minimum atomic E-state index is -0.485. The lowest BCUT2D eigenvalue weighted by Crippen LogP contribution is -2.46. The fraction of sp³-hybridized carbons (Fsp3) is 0.318. The molecular formula is C22H24N6O4S. The number of non-ortho nitro benzene ring substituents is 1. The Morgan fingerprint density at radius 3 is 2.70 bits per heavy atom. The zero-order chi connectivity index (χ0) is 23.2. The molecular weight excluding hydrogens is 444 g/mol. The van der Waals surface area contributed by atoms with E-state index >= 15 is 0 Å². The van der Waals surface area contributed by atoms with E-state index in [0.29, 0.717) is 5.56 Å². The molecule has 1 amide bonds. The van der Waals surface area contributed by atoms with E-state index in [1.165, 1.54) is 12.1 Å². The number of piperazine rings is 1. The first kappa shape index (κ1) is 22.7. The van der Waals surface area contributed by atoms with Crippen molar-refractivity contribution in [2.24, 2.45) is 0 Å². The molecule has 0 bridgehead atoms. The number of likely N-dealkylation sites (N-methyl/N-ethyl adjacent to an activating group) is 1. The van der Waals surface area contributed by atoms with E-state index in [2.05, 4.69) is 32.2 Å². The standard InChI is InChI=1S/C22H24N6O4S/c1-2-26-10-12-27(13-11-26)19-9-4-3-8-18(19)23-20(29)15-33-22-25-24-21(32-22)16-6-5-7-17(14-16)28(30)31/h3-9,14H,2,10-13,15H2,1H3,(H,23,29). The molecule has 1 N–H and O–H groups in total. The second-order valence-electron chi connectivity index (χ2n) is 7.46. The normalized spacial score (nSPS) is 14.3. The van der Waals surface area contributed by atoms with Crippen molar-refractivity contribution in [3.05, 3.63) is 58.6 Å². The summed E-state index contributed by atoms with van der Waals surface area (Å²) in [5.41, 5.74) is 2.17. The van der Waals surface area contributed by atoms with Gasteiger partial charge in [-0.2, -0.15) is 0 Å². The number of hydrogen-bond donors (Lipinski definition) is 1. The Kier molecular flexibility index (Phi) is 7.20. The quantitative estimate of drug-likeness (QED) is 0.301. The molecule has 1 aliphatic rings. The topological polar surface area (TPSA) is 118 Å². The summed E-state index contributed by atoms with van der Waals surface area (Å²) in [7, 11) is 0.